The molecular weight excluding hydrogens is 327 g/mol. The van der Waals surface area contributed by atoms with Crippen molar-refractivity contribution >= 4 is 40.9 Å². The monoisotopic (exact) mass is 340 g/mol. The van der Waals surface area contributed by atoms with Crippen molar-refractivity contribution < 1.29 is 9.53 Å². The Hall–Kier alpha value is -0.720. The number of alkyl halides is 3. The molecule has 1 atom stereocenters. The fourth-order valence-electron chi connectivity index (χ4n) is 2.16. The second-order valence-corrected chi connectivity index (χ2v) is 7.02. The van der Waals surface area contributed by atoms with Crippen LogP contribution in [0, 0.1) is 0 Å². The van der Waals surface area contributed by atoms with Crippen molar-refractivity contribution in [2.24, 2.45) is 0 Å². The number of hydrogen-bond acceptors (Lipinski definition) is 4. The van der Waals surface area contributed by atoms with Crippen LogP contribution >= 0.6 is 34.8 Å². The summed E-state index contributed by atoms with van der Waals surface area (Å²) in [5.41, 5.74) is 0. The van der Waals surface area contributed by atoms with E-state index in [1.807, 2.05) is 0 Å². The lowest BCUT2D eigenvalue weighted by molar-refractivity contribution is 0.0464. The van der Waals surface area contributed by atoms with E-state index in [9.17, 15) is 4.79 Å². The summed E-state index contributed by atoms with van der Waals surface area (Å²) in [4.78, 5) is 15.6. The summed E-state index contributed by atoms with van der Waals surface area (Å²) < 4.78 is 4.53. The molecular formula is C11H15Cl3N4O2. The molecule has 9 heteroatoms. The molecule has 0 saturated heterocycles. The number of rotatable bonds is 3. The van der Waals surface area contributed by atoms with Gasteiger partial charge in [-0.15, -0.1) is 0 Å². The molecule has 1 amide bonds. The molecule has 1 unspecified atom stereocenters. The Labute approximate surface area is 131 Å². The van der Waals surface area contributed by atoms with Crippen LogP contribution in [0.2, 0.25) is 0 Å². The summed E-state index contributed by atoms with van der Waals surface area (Å²) in [7, 11) is 0. The van der Waals surface area contributed by atoms with Crippen molar-refractivity contribution in [3.8, 4) is 0 Å². The number of amides is 1. The predicted molar refractivity (Wildman–Crippen MR) is 75.8 cm³/mol. The molecule has 0 radical (unpaired) electrons. The van der Waals surface area contributed by atoms with Gasteiger partial charge in [-0.25, -0.2) is 14.5 Å². The van der Waals surface area contributed by atoms with Gasteiger partial charge in [-0.1, -0.05) is 54.1 Å². The van der Waals surface area contributed by atoms with Crippen LogP contribution in [-0.4, -0.2) is 30.7 Å². The molecule has 6 nitrogen and oxygen atoms in total. The standard InChI is InChI=1S/C11H15Cl3N4O2/c12-11(13,14)9(18-7-15-6-16-18)20-10(19)17-8-4-2-1-3-5-8/h6-9H,1-5H2,(H,17,19). The molecule has 1 fully saturated rings. The number of aromatic nitrogens is 3. The first-order valence-corrected chi connectivity index (χ1v) is 7.48. The van der Waals surface area contributed by atoms with E-state index in [-0.39, 0.29) is 6.04 Å². The van der Waals surface area contributed by atoms with Crippen LogP contribution in [0.4, 0.5) is 4.79 Å². The Balaban J connectivity index is 1.95. The molecule has 1 aromatic heterocycles. The number of alkyl carbamates (subject to hydrolysis) is 1. The summed E-state index contributed by atoms with van der Waals surface area (Å²) in [5.74, 6) is 0. The minimum absolute atomic E-state index is 0.114. The van der Waals surface area contributed by atoms with Gasteiger partial charge in [0.15, 0.2) is 0 Å². The highest BCUT2D eigenvalue weighted by Crippen LogP contribution is 2.38. The maximum absolute atomic E-state index is 11.9. The van der Waals surface area contributed by atoms with Crippen molar-refractivity contribution in [1.82, 2.24) is 20.1 Å². The zero-order valence-corrected chi connectivity index (χ0v) is 12.9. The number of carbonyl (C=O) groups is 1. The summed E-state index contributed by atoms with van der Waals surface area (Å²) in [5, 5.41) is 6.61. The van der Waals surface area contributed by atoms with E-state index >= 15 is 0 Å². The first-order valence-electron chi connectivity index (χ1n) is 6.35. The molecule has 0 bridgehead atoms. The second kappa shape index (κ2) is 6.83. The molecule has 0 aliphatic heterocycles. The van der Waals surface area contributed by atoms with Gasteiger partial charge in [-0.2, -0.15) is 5.10 Å². The van der Waals surface area contributed by atoms with Crippen molar-refractivity contribution in [1.29, 1.82) is 0 Å². The van der Waals surface area contributed by atoms with Crippen molar-refractivity contribution in [3.63, 3.8) is 0 Å². The Morgan fingerprint density at radius 2 is 2.05 bits per heavy atom. The largest absolute Gasteiger partial charge is 0.419 e. The van der Waals surface area contributed by atoms with Crippen LogP contribution in [0.3, 0.4) is 0 Å². The SMILES string of the molecule is O=C(NC1CCCCC1)OC(n1cncn1)C(Cl)(Cl)Cl. The number of carbonyl (C=O) groups excluding carboxylic acids is 1. The predicted octanol–water partition coefficient (Wildman–Crippen LogP) is 3.21. The third-order valence-corrected chi connectivity index (χ3v) is 3.66. The van der Waals surface area contributed by atoms with Gasteiger partial charge >= 0.3 is 6.09 Å². The molecule has 1 heterocycles. The van der Waals surface area contributed by atoms with Gasteiger partial charge in [0.05, 0.1) is 0 Å². The van der Waals surface area contributed by atoms with Crippen molar-refractivity contribution in [3.05, 3.63) is 12.7 Å². The average Bonchev–Trinajstić information content (AvgIpc) is 2.89. The number of hydrogen-bond donors (Lipinski definition) is 1. The fraction of sp³-hybridized carbons (Fsp3) is 0.727. The molecule has 1 aliphatic rings. The third-order valence-electron chi connectivity index (χ3n) is 3.10. The first-order chi connectivity index (χ1) is 9.47. The Morgan fingerprint density at radius 3 is 2.60 bits per heavy atom. The first kappa shape index (κ1) is 15.7. The molecule has 0 aromatic carbocycles. The molecule has 1 aromatic rings. The van der Waals surface area contributed by atoms with Crippen LogP contribution in [0.25, 0.3) is 0 Å². The summed E-state index contributed by atoms with van der Waals surface area (Å²) in [6.45, 7) is 0. The van der Waals surface area contributed by atoms with E-state index < -0.39 is 16.1 Å². The Bertz CT molecular complexity index is 429. The maximum atomic E-state index is 11.9. The van der Waals surface area contributed by atoms with Crippen molar-refractivity contribution in [2.75, 3.05) is 0 Å². The van der Waals surface area contributed by atoms with E-state index in [2.05, 4.69) is 15.4 Å². The van der Waals surface area contributed by atoms with E-state index in [0.717, 1.165) is 25.7 Å². The highest BCUT2D eigenvalue weighted by Gasteiger charge is 2.38. The van der Waals surface area contributed by atoms with E-state index in [0.29, 0.717) is 0 Å². The zero-order chi connectivity index (χ0) is 14.6. The maximum Gasteiger partial charge on any atom is 0.409 e. The molecule has 1 N–H and O–H groups in total. The summed E-state index contributed by atoms with van der Waals surface area (Å²) in [6, 6.07) is 0.114. The number of nitrogens with zero attached hydrogens (tertiary/aromatic N) is 3. The van der Waals surface area contributed by atoms with Crippen LogP contribution in [0.15, 0.2) is 12.7 Å². The quantitative estimate of drug-likeness (QED) is 0.857. The molecule has 1 aliphatic carbocycles. The lowest BCUT2D eigenvalue weighted by atomic mass is 9.96. The van der Waals surface area contributed by atoms with E-state index in [1.54, 1.807) is 0 Å². The number of nitrogens with one attached hydrogen (secondary N) is 1. The van der Waals surface area contributed by atoms with Crippen LogP contribution in [-0.2, 0) is 4.74 Å². The summed E-state index contributed by atoms with van der Waals surface area (Å²) >= 11 is 17.4. The normalized spacial score (nSPS) is 18.6. The topological polar surface area (TPSA) is 69.0 Å². The van der Waals surface area contributed by atoms with Crippen LogP contribution < -0.4 is 5.32 Å². The highest BCUT2D eigenvalue weighted by atomic mass is 35.6. The molecule has 1 saturated carbocycles. The van der Waals surface area contributed by atoms with Gasteiger partial charge < -0.3 is 10.1 Å². The second-order valence-electron chi connectivity index (χ2n) is 4.65. The van der Waals surface area contributed by atoms with Gasteiger partial charge in [0.1, 0.15) is 12.7 Å². The smallest absolute Gasteiger partial charge is 0.409 e. The van der Waals surface area contributed by atoms with Crippen molar-refractivity contribution in [2.45, 2.75) is 48.2 Å². The fourth-order valence-corrected chi connectivity index (χ4v) is 2.59. The van der Waals surface area contributed by atoms with E-state index in [1.165, 1.54) is 23.8 Å². The van der Waals surface area contributed by atoms with Gasteiger partial charge in [0.2, 0.25) is 10.0 Å². The molecule has 112 valence electrons. The Morgan fingerprint density at radius 1 is 1.35 bits per heavy atom. The summed E-state index contributed by atoms with van der Waals surface area (Å²) in [6.07, 6.45) is 6.08. The minimum Gasteiger partial charge on any atom is -0.419 e. The zero-order valence-electron chi connectivity index (χ0n) is 10.6. The van der Waals surface area contributed by atoms with Crippen LogP contribution in [0.5, 0.6) is 0 Å². The van der Waals surface area contributed by atoms with Gasteiger partial charge in [-0.3, -0.25) is 0 Å². The van der Waals surface area contributed by atoms with E-state index in [4.69, 9.17) is 39.5 Å². The number of halogens is 3. The molecule has 0 spiro atoms. The lowest BCUT2D eigenvalue weighted by Gasteiger charge is -2.27. The van der Waals surface area contributed by atoms with Gasteiger partial charge in [0.25, 0.3) is 0 Å². The Kier molecular flexibility index (Phi) is 5.35. The van der Waals surface area contributed by atoms with Gasteiger partial charge in [-0.05, 0) is 12.8 Å². The molecule has 2 rings (SSSR count). The van der Waals surface area contributed by atoms with Crippen LogP contribution in [0.1, 0.15) is 38.3 Å². The third kappa shape index (κ3) is 4.40. The average molecular weight is 342 g/mol. The number of ether oxygens (including phenoxy) is 1. The van der Waals surface area contributed by atoms with Gasteiger partial charge in [0, 0.05) is 6.04 Å². The molecule has 20 heavy (non-hydrogen) atoms. The lowest BCUT2D eigenvalue weighted by Crippen LogP contribution is -2.40. The highest BCUT2D eigenvalue weighted by molar-refractivity contribution is 6.67. The minimum atomic E-state index is -1.84.